The van der Waals surface area contributed by atoms with Gasteiger partial charge in [-0.15, -0.1) is 0 Å². The minimum absolute atomic E-state index is 0.684. The van der Waals surface area contributed by atoms with Crippen molar-refractivity contribution in [1.29, 1.82) is 0 Å². The molecule has 0 spiro atoms. The first kappa shape index (κ1) is 28.1. The van der Waals surface area contributed by atoms with E-state index in [1.807, 2.05) is 18.2 Å². The van der Waals surface area contributed by atoms with Gasteiger partial charge in [-0.25, -0.2) is 9.59 Å². The highest BCUT2D eigenvalue weighted by atomic mass is 16.5. The Labute approximate surface area is 217 Å². The first-order valence-corrected chi connectivity index (χ1v) is 12.4. The number of hydrogen-bond donors (Lipinski definition) is 2. The summed E-state index contributed by atoms with van der Waals surface area (Å²) in [4.78, 5) is 25.9. The van der Waals surface area contributed by atoms with E-state index in [0.717, 1.165) is 63.1 Å². The molecule has 0 unspecified atom stereocenters. The molecule has 2 aromatic carbocycles. The number of nitrogens with zero attached hydrogens (tertiary/aromatic N) is 3. The van der Waals surface area contributed by atoms with Gasteiger partial charge in [-0.2, -0.15) is 0 Å². The fourth-order valence-corrected chi connectivity index (χ4v) is 4.98. The summed E-state index contributed by atoms with van der Waals surface area (Å²) in [6.07, 6.45) is 2.45. The molecule has 0 amide bonds. The van der Waals surface area contributed by atoms with Gasteiger partial charge in [-0.1, -0.05) is 24.3 Å². The summed E-state index contributed by atoms with van der Waals surface area (Å²) in [6.45, 7) is 7.51. The zero-order chi connectivity index (χ0) is 26.8. The van der Waals surface area contributed by atoms with Crippen molar-refractivity contribution in [3.05, 3.63) is 48.0 Å². The zero-order valence-corrected chi connectivity index (χ0v) is 21.8. The lowest BCUT2D eigenvalue weighted by Gasteiger charge is -2.43. The normalized spacial score (nSPS) is 16.9. The van der Waals surface area contributed by atoms with E-state index in [-0.39, 0.29) is 0 Å². The molecule has 2 fully saturated rings. The SMILES string of the molecule is COc1ccccc1N1CCN(C2CCN(Cc3cccc(OC)c3OC)CC2)CC1.O=C(O)C(=O)O. The molecule has 202 valence electrons. The van der Waals surface area contributed by atoms with Crippen molar-refractivity contribution in [2.24, 2.45) is 0 Å². The van der Waals surface area contributed by atoms with Crippen molar-refractivity contribution >= 4 is 17.6 Å². The van der Waals surface area contributed by atoms with Crippen LogP contribution in [0.25, 0.3) is 0 Å². The number of piperazine rings is 1. The molecule has 37 heavy (non-hydrogen) atoms. The number of aliphatic carboxylic acids is 2. The highest BCUT2D eigenvalue weighted by Gasteiger charge is 2.28. The van der Waals surface area contributed by atoms with Gasteiger partial charge in [0, 0.05) is 44.3 Å². The minimum atomic E-state index is -1.82. The van der Waals surface area contributed by atoms with Crippen LogP contribution in [-0.4, -0.2) is 98.6 Å². The average Bonchev–Trinajstić information content (AvgIpc) is 2.93. The van der Waals surface area contributed by atoms with Crippen LogP contribution in [0, 0.1) is 0 Å². The first-order valence-electron chi connectivity index (χ1n) is 12.4. The fourth-order valence-electron chi connectivity index (χ4n) is 4.98. The van der Waals surface area contributed by atoms with E-state index in [1.165, 1.54) is 24.1 Å². The molecule has 10 heteroatoms. The summed E-state index contributed by atoms with van der Waals surface area (Å²) in [5.41, 5.74) is 2.41. The molecule has 2 aliphatic rings. The lowest BCUT2D eigenvalue weighted by molar-refractivity contribution is -0.159. The molecule has 0 radical (unpaired) electrons. The Morgan fingerprint density at radius 3 is 1.95 bits per heavy atom. The highest BCUT2D eigenvalue weighted by molar-refractivity contribution is 6.27. The number of carboxylic acids is 2. The van der Waals surface area contributed by atoms with Crippen LogP contribution in [0.2, 0.25) is 0 Å². The van der Waals surface area contributed by atoms with Gasteiger partial charge in [-0.3, -0.25) is 9.80 Å². The second-order valence-electron chi connectivity index (χ2n) is 8.97. The Bertz CT molecular complexity index is 1020. The molecule has 2 N–H and O–H groups in total. The molecule has 0 aliphatic carbocycles. The molecule has 0 saturated carbocycles. The van der Waals surface area contributed by atoms with E-state index in [9.17, 15) is 0 Å². The number of likely N-dealkylation sites (tertiary alicyclic amines) is 1. The number of ether oxygens (including phenoxy) is 3. The number of piperidine rings is 1. The first-order chi connectivity index (χ1) is 17.9. The molecular weight excluding hydrogens is 478 g/mol. The Hall–Kier alpha value is -3.50. The van der Waals surface area contributed by atoms with Crippen molar-refractivity contribution in [3.63, 3.8) is 0 Å². The highest BCUT2D eigenvalue weighted by Crippen LogP contribution is 2.33. The van der Waals surface area contributed by atoms with E-state index < -0.39 is 11.9 Å². The number of carbonyl (C=O) groups is 2. The number of para-hydroxylation sites is 3. The molecular formula is C27H37N3O7. The van der Waals surface area contributed by atoms with E-state index in [0.29, 0.717) is 6.04 Å². The van der Waals surface area contributed by atoms with Crippen LogP contribution in [0.5, 0.6) is 17.2 Å². The van der Waals surface area contributed by atoms with Crippen molar-refractivity contribution in [2.45, 2.75) is 25.4 Å². The number of anilines is 1. The molecule has 10 nitrogen and oxygen atoms in total. The number of hydrogen-bond acceptors (Lipinski definition) is 8. The summed E-state index contributed by atoms with van der Waals surface area (Å²) >= 11 is 0. The van der Waals surface area contributed by atoms with E-state index in [4.69, 9.17) is 34.0 Å². The second kappa shape index (κ2) is 13.7. The maximum Gasteiger partial charge on any atom is 0.414 e. The van der Waals surface area contributed by atoms with Crippen molar-refractivity contribution in [3.8, 4) is 17.2 Å². The molecule has 2 heterocycles. The molecule has 2 aromatic rings. The predicted octanol–water partition coefficient (Wildman–Crippen LogP) is 2.65. The molecule has 2 aliphatic heterocycles. The second-order valence-corrected chi connectivity index (χ2v) is 8.97. The molecule has 4 rings (SSSR count). The lowest BCUT2D eigenvalue weighted by Crippen LogP contribution is -2.53. The van der Waals surface area contributed by atoms with Crippen LogP contribution in [0.15, 0.2) is 42.5 Å². The monoisotopic (exact) mass is 515 g/mol. The number of rotatable bonds is 7. The summed E-state index contributed by atoms with van der Waals surface area (Å²) in [7, 11) is 5.17. The fraction of sp³-hybridized carbons (Fsp3) is 0.481. The molecule has 0 bridgehead atoms. The predicted molar refractivity (Wildman–Crippen MR) is 140 cm³/mol. The lowest BCUT2D eigenvalue weighted by atomic mass is 10.0. The van der Waals surface area contributed by atoms with Gasteiger partial charge < -0.3 is 29.3 Å². The van der Waals surface area contributed by atoms with Gasteiger partial charge in [0.05, 0.1) is 27.0 Å². The van der Waals surface area contributed by atoms with Gasteiger partial charge in [0.25, 0.3) is 0 Å². The summed E-state index contributed by atoms with van der Waals surface area (Å²) in [5, 5.41) is 14.8. The molecule has 0 atom stereocenters. The van der Waals surface area contributed by atoms with Crippen LogP contribution >= 0.6 is 0 Å². The Kier molecular flexibility index (Phi) is 10.4. The topological polar surface area (TPSA) is 112 Å². The standard InChI is InChI=1S/C25H35N3O3.C2H2O4/c1-29-23-9-5-4-8-22(23)28-17-15-27(16-18-28)21-11-13-26(14-12-21)19-20-7-6-10-24(30-2)25(20)31-3;3-1(4)2(5)6/h4-10,21H,11-19H2,1-3H3;(H,3,4)(H,5,6). The summed E-state index contributed by atoms with van der Waals surface area (Å²) in [5.74, 6) is -1.01. The van der Waals surface area contributed by atoms with Crippen LogP contribution < -0.4 is 19.1 Å². The van der Waals surface area contributed by atoms with E-state index >= 15 is 0 Å². The molecule has 2 saturated heterocycles. The maximum absolute atomic E-state index is 9.10. The van der Waals surface area contributed by atoms with E-state index in [1.54, 1.807) is 21.3 Å². The van der Waals surface area contributed by atoms with Crippen LogP contribution in [0.3, 0.4) is 0 Å². The van der Waals surface area contributed by atoms with Gasteiger partial charge >= 0.3 is 11.9 Å². The Morgan fingerprint density at radius 1 is 0.784 bits per heavy atom. The number of carboxylic acid groups (broad SMARTS) is 2. The van der Waals surface area contributed by atoms with Gasteiger partial charge in [0.2, 0.25) is 0 Å². The third-order valence-electron chi connectivity index (χ3n) is 6.88. The van der Waals surface area contributed by atoms with Gasteiger partial charge in [0.1, 0.15) is 5.75 Å². The summed E-state index contributed by atoms with van der Waals surface area (Å²) < 4.78 is 16.6. The Morgan fingerprint density at radius 2 is 1.38 bits per heavy atom. The zero-order valence-electron chi connectivity index (χ0n) is 21.8. The maximum atomic E-state index is 9.10. The quantitative estimate of drug-likeness (QED) is 0.534. The van der Waals surface area contributed by atoms with E-state index in [2.05, 4.69) is 39.0 Å². The van der Waals surface area contributed by atoms with Crippen LogP contribution in [-0.2, 0) is 16.1 Å². The van der Waals surface area contributed by atoms with Crippen molar-refractivity contribution in [1.82, 2.24) is 9.80 Å². The average molecular weight is 516 g/mol. The summed E-state index contributed by atoms with van der Waals surface area (Å²) in [6, 6.07) is 15.2. The largest absolute Gasteiger partial charge is 0.495 e. The number of benzene rings is 2. The minimum Gasteiger partial charge on any atom is -0.495 e. The van der Waals surface area contributed by atoms with Crippen molar-refractivity contribution < 1.29 is 34.0 Å². The van der Waals surface area contributed by atoms with Crippen LogP contribution in [0.1, 0.15) is 18.4 Å². The third kappa shape index (κ3) is 7.50. The van der Waals surface area contributed by atoms with Crippen LogP contribution in [0.4, 0.5) is 5.69 Å². The third-order valence-corrected chi connectivity index (χ3v) is 6.88. The number of methoxy groups -OCH3 is 3. The Balaban J connectivity index is 0.000000568. The van der Waals surface area contributed by atoms with Gasteiger partial charge in [0.15, 0.2) is 11.5 Å². The van der Waals surface area contributed by atoms with Gasteiger partial charge in [-0.05, 0) is 44.1 Å². The smallest absolute Gasteiger partial charge is 0.414 e. The molecule has 0 aromatic heterocycles. The van der Waals surface area contributed by atoms with Crippen molar-refractivity contribution in [2.75, 3.05) is 65.5 Å².